The Labute approximate surface area is 60.8 Å². The second-order valence-electron chi connectivity index (χ2n) is 1.86. The molecule has 3 heteroatoms. The van der Waals surface area contributed by atoms with Crippen molar-refractivity contribution in [2.75, 3.05) is 12.3 Å². The molecule has 0 unspecified atom stereocenters. The van der Waals surface area contributed by atoms with Gasteiger partial charge < -0.3 is 5.73 Å². The lowest BCUT2D eigenvalue weighted by Gasteiger charge is -1.89. The van der Waals surface area contributed by atoms with Gasteiger partial charge in [0.05, 0.1) is 0 Å². The minimum atomic E-state index is 0. The minimum Gasteiger partial charge on any atom is -0.330 e. The number of hydrogen-bond donors (Lipinski definition) is 1. The second-order valence-corrected chi connectivity index (χ2v) is 3.27. The zero-order chi connectivity index (χ0) is 5.11. The summed E-state index contributed by atoms with van der Waals surface area (Å²) in [5.74, 6) is 1.16. The summed E-state index contributed by atoms with van der Waals surface area (Å²) >= 11 is 2.02. The Hall–Kier alpha value is 0.600. The maximum atomic E-state index is 5.28. The van der Waals surface area contributed by atoms with Gasteiger partial charge in [-0.25, -0.2) is 0 Å². The molecule has 1 fully saturated rings. The van der Waals surface area contributed by atoms with Crippen LogP contribution in [-0.2, 0) is 0 Å². The summed E-state index contributed by atoms with van der Waals surface area (Å²) in [6.07, 6.45) is 2.87. The molecule has 1 nitrogen and oxygen atoms in total. The van der Waals surface area contributed by atoms with Crippen LogP contribution in [0.5, 0.6) is 0 Å². The van der Waals surface area contributed by atoms with Crippen LogP contribution in [0.1, 0.15) is 12.8 Å². The third kappa shape index (κ3) is 3.58. The molecule has 1 rings (SSSR count). The van der Waals surface area contributed by atoms with Crippen LogP contribution < -0.4 is 5.73 Å². The van der Waals surface area contributed by atoms with Gasteiger partial charge in [-0.2, -0.15) is 11.8 Å². The Kier molecular flexibility index (Phi) is 4.81. The largest absolute Gasteiger partial charge is 0.330 e. The first-order chi connectivity index (χ1) is 3.43. The van der Waals surface area contributed by atoms with E-state index in [1.807, 2.05) is 11.8 Å². The fraction of sp³-hybridized carbons (Fsp3) is 1.00. The van der Waals surface area contributed by atoms with Gasteiger partial charge in [-0.1, -0.05) is 0 Å². The Morgan fingerprint density at radius 1 is 1.50 bits per heavy atom. The molecule has 1 aliphatic carbocycles. The highest BCUT2D eigenvalue weighted by molar-refractivity contribution is 8.00. The number of nitrogens with two attached hydrogens (primary N) is 1. The predicted molar refractivity (Wildman–Crippen MR) is 41.8 cm³/mol. The molecule has 0 radical (unpaired) electrons. The van der Waals surface area contributed by atoms with Crippen LogP contribution in [-0.4, -0.2) is 17.5 Å². The lowest BCUT2D eigenvalue weighted by atomic mass is 10.8. The molecule has 50 valence electrons. The summed E-state index contributed by atoms with van der Waals surface area (Å²) in [4.78, 5) is 0. The van der Waals surface area contributed by atoms with Gasteiger partial charge in [0, 0.05) is 17.5 Å². The molecule has 0 spiro atoms. The molecule has 0 aromatic rings. The molecule has 0 atom stereocenters. The van der Waals surface area contributed by atoms with Crippen LogP contribution in [0, 0.1) is 0 Å². The molecule has 1 aliphatic rings. The van der Waals surface area contributed by atoms with E-state index in [0.29, 0.717) is 0 Å². The molecule has 0 amide bonds. The molecule has 2 N–H and O–H groups in total. The lowest BCUT2D eigenvalue weighted by molar-refractivity contribution is 1.15. The van der Waals surface area contributed by atoms with E-state index in [-0.39, 0.29) is 12.4 Å². The molecule has 1 saturated carbocycles. The van der Waals surface area contributed by atoms with Gasteiger partial charge in [-0.15, -0.1) is 12.4 Å². The average molecular weight is 154 g/mol. The molecule has 0 aromatic carbocycles. The molecular weight excluding hydrogens is 142 g/mol. The van der Waals surface area contributed by atoms with Crippen molar-refractivity contribution in [1.82, 2.24) is 0 Å². The van der Waals surface area contributed by atoms with Crippen molar-refractivity contribution in [2.45, 2.75) is 18.1 Å². The Bertz CT molecular complexity index is 56.4. The van der Waals surface area contributed by atoms with E-state index in [9.17, 15) is 0 Å². The lowest BCUT2D eigenvalue weighted by Crippen LogP contribution is -2.01. The zero-order valence-corrected chi connectivity index (χ0v) is 6.43. The van der Waals surface area contributed by atoms with Crippen molar-refractivity contribution in [2.24, 2.45) is 5.73 Å². The Morgan fingerprint density at radius 3 is 2.50 bits per heavy atom. The fourth-order valence-electron chi connectivity index (χ4n) is 0.469. The predicted octanol–water partition coefficient (Wildman–Crippen LogP) is 1.26. The highest BCUT2D eigenvalue weighted by atomic mass is 35.5. The average Bonchev–Trinajstić information content (AvgIpc) is 2.42. The van der Waals surface area contributed by atoms with Crippen molar-refractivity contribution >= 4 is 24.2 Å². The molecule has 0 bridgehead atoms. The van der Waals surface area contributed by atoms with Crippen LogP contribution in [0.4, 0.5) is 0 Å². The summed E-state index contributed by atoms with van der Waals surface area (Å²) in [5, 5.41) is 0.989. The van der Waals surface area contributed by atoms with Gasteiger partial charge in [0.2, 0.25) is 0 Å². The molecule has 8 heavy (non-hydrogen) atoms. The number of thioether (sulfide) groups is 1. The van der Waals surface area contributed by atoms with E-state index in [1.165, 1.54) is 12.8 Å². The van der Waals surface area contributed by atoms with Gasteiger partial charge in [0.15, 0.2) is 0 Å². The quantitative estimate of drug-likeness (QED) is 0.661. The van der Waals surface area contributed by atoms with E-state index >= 15 is 0 Å². The van der Waals surface area contributed by atoms with Gasteiger partial charge >= 0.3 is 0 Å². The highest BCUT2D eigenvalue weighted by Crippen LogP contribution is 2.33. The van der Waals surface area contributed by atoms with Crippen molar-refractivity contribution in [3.8, 4) is 0 Å². The fourth-order valence-corrected chi connectivity index (χ4v) is 1.41. The van der Waals surface area contributed by atoms with E-state index in [1.54, 1.807) is 0 Å². The van der Waals surface area contributed by atoms with Crippen LogP contribution in [0.15, 0.2) is 0 Å². The van der Waals surface area contributed by atoms with E-state index in [2.05, 4.69) is 0 Å². The number of rotatable bonds is 3. The minimum absolute atomic E-state index is 0. The number of hydrogen-bond acceptors (Lipinski definition) is 2. The first-order valence-electron chi connectivity index (χ1n) is 2.75. The number of halogens is 1. The third-order valence-corrected chi connectivity index (χ3v) is 2.41. The Balaban J connectivity index is 0.000000490. The molecule has 0 heterocycles. The topological polar surface area (TPSA) is 26.0 Å². The van der Waals surface area contributed by atoms with E-state index in [0.717, 1.165) is 17.5 Å². The summed E-state index contributed by atoms with van der Waals surface area (Å²) in [7, 11) is 0. The van der Waals surface area contributed by atoms with Gasteiger partial charge in [0.1, 0.15) is 0 Å². The van der Waals surface area contributed by atoms with Gasteiger partial charge in [0.25, 0.3) is 0 Å². The monoisotopic (exact) mass is 153 g/mol. The Morgan fingerprint density at radius 2 is 2.12 bits per heavy atom. The highest BCUT2D eigenvalue weighted by Gasteiger charge is 2.20. The van der Waals surface area contributed by atoms with E-state index < -0.39 is 0 Å². The van der Waals surface area contributed by atoms with Crippen LogP contribution >= 0.6 is 24.2 Å². The standard InChI is InChI=1S/C5H11NS.ClH/c6-3-4-7-5-1-2-5;/h5H,1-4,6H2;1H. The SMILES string of the molecule is Cl.NCCSC1CC1. The molecule has 0 aliphatic heterocycles. The maximum absolute atomic E-state index is 5.28. The van der Waals surface area contributed by atoms with Gasteiger partial charge in [-0.3, -0.25) is 0 Å². The van der Waals surface area contributed by atoms with Crippen molar-refractivity contribution in [1.29, 1.82) is 0 Å². The van der Waals surface area contributed by atoms with Crippen LogP contribution in [0.3, 0.4) is 0 Å². The second kappa shape index (κ2) is 4.48. The molecule has 0 aromatic heterocycles. The summed E-state index contributed by atoms with van der Waals surface area (Å²) in [6, 6.07) is 0. The summed E-state index contributed by atoms with van der Waals surface area (Å²) in [6.45, 7) is 0.848. The van der Waals surface area contributed by atoms with Crippen LogP contribution in [0.2, 0.25) is 0 Å². The molecular formula is C5H12ClNS. The maximum Gasteiger partial charge on any atom is 0.00586 e. The van der Waals surface area contributed by atoms with Crippen LogP contribution in [0.25, 0.3) is 0 Å². The van der Waals surface area contributed by atoms with E-state index in [4.69, 9.17) is 5.73 Å². The third-order valence-electron chi connectivity index (χ3n) is 0.996. The van der Waals surface area contributed by atoms with Crippen molar-refractivity contribution < 1.29 is 0 Å². The zero-order valence-electron chi connectivity index (χ0n) is 4.80. The first-order valence-corrected chi connectivity index (χ1v) is 3.80. The first kappa shape index (κ1) is 8.60. The molecule has 0 saturated heterocycles. The van der Waals surface area contributed by atoms with Crippen molar-refractivity contribution in [3.63, 3.8) is 0 Å². The van der Waals surface area contributed by atoms with Crippen molar-refractivity contribution in [3.05, 3.63) is 0 Å². The smallest absolute Gasteiger partial charge is 0.00586 e. The normalized spacial score (nSPS) is 17.6. The summed E-state index contributed by atoms with van der Waals surface area (Å²) in [5.41, 5.74) is 5.28. The van der Waals surface area contributed by atoms with Gasteiger partial charge in [-0.05, 0) is 12.8 Å². The summed E-state index contributed by atoms with van der Waals surface area (Å²) < 4.78 is 0.